The van der Waals surface area contributed by atoms with Crippen LogP contribution in [0.2, 0.25) is 5.02 Å². The Bertz CT molecular complexity index is 768. The maximum Gasteiger partial charge on any atom is 0.335 e. The number of hydrogen-bond donors (Lipinski definition) is 2. The number of aromatic nitrogens is 1. The zero-order chi connectivity index (χ0) is 14.9. The Morgan fingerprint density at radius 1 is 1.35 bits per heavy atom. The number of hydrogen-bond acceptors (Lipinski definition) is 3. The number of halogens is 1. The molecule has 2 rings (SSSR count). The summed E-state index contributed by atoms with van der Waals surface area (Å²) in [4.78, 5) is 10.9. The van der Waals surface area contributed by atoms with Gasteiger partial charge in [0.05, 0.1) is 16.3 Å². The fourth-order valence-corrected chi connectivity index (χ4v) is 2.99. The van der Waals surface area contributed by atoms with Crippen molar-refractivity contribution in [3.05, 3.63) is 47.2 Å². The minimum absolute atomic E-state index is 0.0161. The predicted molar refractivity (Wildman–Crippen MR) is 74.6 cm³/mol. The van der Waals surface area contributed by atoms with Gasteiger partial charge in [0.25, 0.3) is 10.0 Å². The van der Waals surface area contributed by atoms with Gasteiger partial charge < -0.3 is 9.67 Å². The Hall–Kier alpha value is -1.99. The quantitative estimate of drug-likeness (QED) is 0.905. The molecule has 0 aliphatic carbocycles. The topological polar surface area (TPSA) is 88.4 Å². The smallest absolute Gasteiger partial charge is 0.335 e. The standard InChI is InChI=1S/C12H11ClN2O4S/c1-15-5-4-9(7-15)20(18,19)14-11-3-2-8(12(16)17)6-10(11)13/h2-7,14H,1H3,(H,16,17). The SMILES string of the molecule is Cn1ccc(S(=O)(=O)Nc2ccc(C(=O)O)cc2Cl)c1. The van der Waals surface area contributed by atoms with Gasteiger partial charge in [0, 0.05) is 19.4 Å². The largest absolute Gasteiger partial charge is 0.478 e. The van der Waals surface area contributed by atoms with Gasteiger partial charge in [0.1, 0.15) is 4.90 Å². The van der Waals surface area contributed by atoms with Crippen LogP contribution >= 0.6 is 11.6 Å². The highest BCUT2D eigenvalue weighted by molar-refractivity contribution is 7.92. The normalized spacial score (nSPS) is 11.3. The third kappa shape index (κ3) is 2.94. The molecule has 0 bridgehead atoms. The van der Waals surface area contributed by atoms with Gasteiger partial charge in [0.2, 0.25) is 0 Å². The average molecular weight is 315 g/mol. The zero-order valence-corrected chi connectivity index (χ0v) is 11.9. The van der Waals surface area contributed by atoms with E-state index in [1.54, 1.807) is 17.8 Å². The monoisotopic (exact) mass is 314 g/mol. The van der Waals surface area contributed by atoms with E-state index in [9.17, 15) is 13.2 Å². The minimum Gasteiger partial charge on any atom is -0.478 e. The maximum absolute atomic E-state index is 12.1. The molecule has 0 aliphatic rings. The number of nitrogens with one attached hydrogen (secondary N) is 1. The molecule has 0 radical (unpaired) electrons. The van der Waals surface area contributed by atoms with Gasteiger partial charge in [-0.15, -0.1) is 0 Å². The second-order valence-corrected chi connectivity index (χ2v) is 6.21. The number of anilines is 1. The summed E-state index contributed by atoms with van der Waals surface area (Å²) >= 11 is 5.88. The molecule has 2 aromatic rings. The van der Waals surface area contributed by atoms with E-state index >= 15 is 0 Å². The molecule has 1 aromatic carbocycles. The fraction of sp³-hybridized carbons (Fsp3) is 0.0833. The van der Waals surface area contributed by atoms with Crippen LogP contribution in [-0.4, -0.2) is 24.1 Å². The van der Waals surface area contributed by atoms with Crippen LogP contribution in [0.25, 0.3) is 0 Å². The second kappa shape index (κ2) is 5.18. The summed E-state index contributed by atoms with van der Waals surface area (Å²) in [6, 6.07) is 5.22. The Balaban J connectivity index is 2.32. The Labute approximate surface area is 120 Å². The number of nitrogens with zero attached hydrogens (tertiary/aromatic N) is 1. The van der Waals surface area contributed by atoms with E-state index in [0.29, 0.717) is 0 Å². The van der Waals surface area contributed by atoms with Crippen molar-refractivity contribution in [2.24, 2.45) is 7.05 Å². The molecule has 20 heavy (non-hydrogen) atoms. The van der Waals surface area contributed by atoms with Gasteiger partial charge in [0.15, 0.2) is 0 Å². The number of aromatic carboxylic acids is 1. The number of rotatable bonds is 4. The minimum atomic E-state index is -3.75. The molecule has 0 amide bonds. The third-order valence-corrected chi connectivity index (χ3v) is 4.24. The van der Waals surface area contributed by atoms with E-state index < -0.39 is 16.0 Å². The lowest BCUT2D eigenvalue weighted by Gasteiger charge is -2.08. The second-order valence-electron chi connectivity index (χ2n) is 4.12. The molecule has 0 saturated carbocycles. The molecule has 0 saturated heterocycles. The highest BCUT2D eigenvalue weighted by Gasteiger charge is 2.17. The van der Waals surface area contributed by atoms with E-state index in [2.05, 4.69) is 4.72 Å². The number of benzene rings is 1. The Kier molecular flexibility index (Phi) is 3.74. The summed E-state index contributed by atoms with van der Waals surface area (Å²) in [7, 11) is -2.05. The van der Waals surface area contributed by atoms with Gasteiger partial charge in [-0.1, -0.05) is 11.6 Å². The molecular weight excluding hydrogens is 304 g/mol. The number of carboxylic acids is 1. The van der Waals surface area contributed by atoms with Gasteiger partial charge >= 0.3 is 5.97 Å². The lowest BCUT2D eigenvalue weighted by Crippen LogP contribution is -2.13. The van der Waals surface area contributed by atoms with Crippen LogP contribution < -0.4 is 4.72 Å². The molecule has 0 unspecified atom stereocenters. The van der Waals surface area contributed by atoms with Crippen molar-refractivity contribution < 1.29 is 18.3 Å². The molecule has 2 N–H and O–H groups in total. The summed E-state index contributed by atoms with van der Waals surface area (Å²) in [6.07, 6.45) is 3.05. The van der Waals surface area contributed by atoms with E-state index in [-0.39, 0.29) is 21.2 Å². The van der Waals surface area contributed by atoms with Crippen LogP contribution in [0, 0.1) is 0 Å². The van der Waals surface area contributed by atoms with Crippen LogP contribution in [0.15, 0.2) is 41.6 Å². The van der Waals surface area contributed by atoms with Crippen LogP contribution in [0.5, 0.6) is 0 Å². The van der Waals surface area contributed by atoms with Crippen molar-refractivity contribution in [3.8, 4) is 0 Å². The average Bonchev–Trinajstić information content (AvgIpc) is 2.79. The molecule has 1 heterocycles. The van der Waals surface area contributed by atoms with Crippen LogP contribution in [-0.2, 0) is 17.1 Å². The summed E-state index contributed by atoms with van der Waals surface area (Å²) in [6.45, 7) is 0. The van der Waals surface area contributed by atoms with Gasteiger partial charge in [-0.2, -0.15) is 0 Å². The van der Waals surface area contributed by atoms with Crippen LogP contribution in [0.4, 0.5) is 5.69 Å². The van der Waals surface area contributed by atoms with Crippen LogP contribution in [0.3, 0.4) is 0 Å². The van der Waals surface area contributed by atoms with Crippen molar-refractivity contribution in [1.82, 2.24) is 4.57 Å². The van der Waals surface area contributed by atoms with Crippen molar-refractivity contribution in [2.75, 3.05) is 4.72 Å². The number of carbonyl (C=O) groups is 1. The molecule has 0 fully saturated rings. The highest BCUT2D eigenvalue weighted by Crippen LogP contribution is 2.25. The lowest BCUT2D eigenvalue weighted by molar-refractivity contribution is 0.0697. The van der Waals surface area contributed by atoms with Gasteiger partial charge in [-0.25, -0.2) is 13.2 Å². The maximum atomic E-state index is 12.1. The van der Waals surface area contributed by atoms with Crippen molar-refractivity contribution in [2.45, 2.75) is 4.90 Å². The Morgan fingerprint density at radius 2 is 2.05 bits per heavy atom. The van der Waals surface area contributed by atoms with Crippen molar-refractivity contribution in [3.63, 3.8) is 0 Å². The molecule has 0 spiro atoms. The molecular formula is C12H11ClN2O4S. The van der Waals surface area contributed by atoms with Crippen molar-refractivity contribution >= 4 is 33.3 Å². The van der Waals surface area contributed by atoms with E-state index in [0.717, 1.165) is 0 Å². The Morgan fingerprint density at radius 3 is 2.55 bits per heavy atom. The number of carboxylic acid groups (broad SMARTS) is 1. The van der Waals surface area contributed by atoms with E-state index in [1.165, 1.54) is 30.5 Å². The molecule has 6 nitrogen and oxygen atoms in total. The van der Waals surface area contributed by atoms with Crippen LogP contribution in [0.1, 0.15) is 10.4 Å². The van der Waals surface area contributed by atoms with Gasteiger partial charge in [-0.3, -0.25) is 4.72 Å². The predicted octanol–water partition coefficient (Wildman–Crippen LogP) is 2.18. The molecule has 0 atom stereocenters. The lowest BCUT2D eigenvalue weighted by atomic mass is 10.2. The van der Waals surface area contributed by atoms with E-state index in [1.807, 2.05) is 0 Å². The first kappa shape index (κ1) is 14.4. The first-order valence-corrected chi connectivity index (χ1v) is 7.33. The molecule has 8 heteroatoms. The summed E-state index contributed by atoms with van der Waals surface area (Å²) < 4.78 is 28.1. The third-order valence-electron chi connectivity index (χ3n) is 2.58. The first-order valence-electron chi connectivity index (χ1n) is 5.47. The van der Waals surface area contributed by atoms with Crippen molar-refractivity contribution in [1.29, 1.82) is 0 Å². The highest BCUT2D eigenvalue weighted by atomic mass is 35.5. The van der Waals surface area contributed by atoms with E-state index in [4.69, 9.17) is 16.7 Å². The fourth-order valence-electron chi connectivity index (χ4n) is 1.57. The summed E-state index contributed by atoms with van der Waals surface area (Å²) in [5.41, 5.74) is 0.109. The molecule has 1 aromatic heterocycles. The summed E-state index contributed by atoms with van der Waals surface area (Å²) in [5.74, 6) is -1.13. The summed E-state index contributed by atoms with van der Waals surface area (Å²) in [5, 5.41) is 8.83. The molecule has 106 valence electrons. The number of aryl methyl sites for hydroxylation is 1. The zero-order valence-electron chi connectivity index (χ0n) is 10.4. The van der Waals surface area contributed by atoms with Gasteiger partial charge in [-0.05, 0) is 24.3 Å². The number of sulfonamides is 1. The molecule has 0 aliphatic heterocycles. The first-order chi connectivity index (χ1) is 9.29.